The van der Waals surface area contributed by atoms with E-state index in [1.165, 1.54) is 4.90 Å². The van der Waals surface area contributed by atoms with E-state index in [9.17, 15) is 9.59 Å². The minimum absolute atomic E-state index is 0.140. The zero-order chi connectivity index (χ0) is 15.3. The van der Waals surface area contributed by atoms with E-state index in [1.807, 2.05) is 6.07 Å². The Kier molecular flexibility index (Phi) is 6.30. The topological polar surface area (TPSA) is 49.4 Å². The molecule has 0 aliphatic carbocycles. The Labute approximate surface area is 129 Å². The molecule has 6 heteroatoms. The molecule has 1 aromatic carbocycles. The van der Waals surface area contributed by atoms with Crippen LogP contribution >= 0.6 is 23.2 Å². The van der Waals surface area contributed by atoms with Crippen LogP contribution in [0, 0.1) is 0 Å². The van der Waals surface area contributed by atoms with Gasteiger partial charge in [-0.05, 0) is 25.0 Å². The minimum atomic E-state index is -0.535. The van der Waals surface area contributed by atoms with Crippen molar-refractivity contribution in [3.8, 4) is 0 Å². The number of carbonyl (C=O) groups is 2. The Bertz CT molecular complexity index is 504. The summed E-state index contributed by atoms with van der Waals surface area (Å²) in [4.78, 5) is 24.9. The van der Waals surface area contributed by atoms with Gasteiger partial charge in [-0.25, -0.2) is 0 Å². The number of benzene rings is 1. The van der Waals surface area contributed by atoms with E-state index < -0.39 is 6.04 Å². The van der Waals surface area contributed by atoms with Crippen molar-refractivity contribution >= 4 is 35.0 Å². The molecule has 0 heterocycles. The molecule has 1 atom stereocenters. The number of nitrogens with zero attached hydrogens (tertiary/aromatic N) is 1. The zero-order valence-electron chi connectivity index (χ0n) is 11.7. The van der Waals surface area contributed by atoms with Gasteiger partial charge in [-0.2, -0.15) is 0 Å². The molecule has 110 valence electrons. The second kappa shape index (κ2) is 7.50. The van der Waals surface area contributed by atoms with Crippen LogP contribution in [-0.2, 0) is 16.0 Å². The average Bonchev–Trinajstić information content (AvgIpc) is 2.39. The van der Waals surface area contributed by atoms with Gasteiger partial charge in [0.15, 0.2) is 0 Å². The van der Waals surface area contributed by atoms with Crippen molar-refractivity contribution in [2.75, 3.05) is 14.1 Å². The smallest absolute Gasteiger partial charge is 0.244 e. The normalized spacial score (nSPS) is 11.8. The van der Waals surface area contributed by atoms with Crippen LogP contribution in [0.5, 0.6) is 0 Å². The predicted octanol–water partition coefficient (Wildman–Crippen LogP) is 2.52. The molecule has 0 aliphatic heterocycles. The lowest BCUT2D eigenvalue weighted by atomic mass is 10.1. The van der Waals surface area contributed by atoms with Crippen molar-refractivity contribution in [1.82, 2.24) is 10.2 Å². The maximum atomic E-state index is 11.8. The van der Waals surface area contributed by atoms with Crippen LogP contribution in [0.2, 0.25) is 10.0 Å². The van der Waals surface area contributed by atoms with Crippen molar-refractivity contribution in [3.05, 3.63) is 33.8 Å². The number of carbonyl (C=O) groups excluding carboxylic acids is 2. The molecule has 0 saturated carbocycles. The van der Waals surface area contributed by atoms with E-state index in [2.05, 4.69) is 5.32 Å². The fourth-order valence-electron chi connectivity index (χ4n) is 1.75. The Morgan fingerprint density at radius 2 is 1.95 bits per heavy atom. The van der Waals surface area contributed by atoms with E-state index in [4.69, 9.17) is 23.2 Å². The van der Waals surface area contributed by atoms with Gasteiger partial charge in [0.25, 0.3) is 0 Å². The SMILES string of the molecule is C[C@@H](NC(=O)CCc1cccc(Cl)c1Cl)C(=O)N(C)C. The summed E-state index contributed by atoms with van der Waals surface area (Å²) in [7, 11) is 3.30. The second-order valence-electron chi connectivity index (χ2n) is 4.73. The third-order valence-corrected chi connectivity index (χ3v) is 3.70. The molecule has 2 amide bonds. The first-order valence-corrected chi connectivity index (χ1v) is 7.02. The Morgan fingerprint density at radius 1 is 1.30 bits per heavy atom. The molecule has 1 N–H and O–H groups in total. The van der Waals surface area contributed by atoms with Gasteiger partial charge in [0.1, 0.15) is 6.04 Å². The number of amides is 2. The standard InChI is InChI=1S/C14H18Cl2N2O2/c1-9(14(20)18(2)3)17-12(19)8-7-10-5-4-6-11(15)13(10)16/h4-6,9H,7-8H2,1-3H3,(H,17,19)/t9-/m1/s1. The van der Waals surface area contributed by atoms with E-state index in [0.29, 0.717) is 16.5 Å². The van der Waals surface area contributed by atoms with Crippen LogP contribution in [-0.4, -0.2) is 36.9 Å². The molecule has 1 aromatic rings. The highest BCUT2D eigenvalue weighted by Gasteiger charge is 2.17. The summed E-state index contributed by atoms with van der Waals surface area (Å²) >= 11 is 12.0. The molecular weight excluding hydrogens is 299 g/mol. The highest BCUT2D eigenvalue weighted by Crippen LogP contribution is 2.26. The number of likely N-dealkylation sites (N-methyl/N-ethyl adjacent to an activating group) is 1. The molecule has 0 spiro atoms. The first kappa shape index (κ1) is 16.8. The number of nitrogens with one attached hydrogen (secondary N) is 1. The summed E-state index contributed by atoms with van der Waals surface area (Å²) in [6, 6.07) is 4.79. The van der Waals surface area contributed by atoms with Crippen molar-refractivity contribution in [1.29, 1.82) is 0 Å². The zero-order valence-corrected chi connectivity index (χ0v) is 13.3. The number of rotatable bonds is 5. The lowest BCUT2D eigenvalue weighted by molar-refractivity contribution is -0.133. The van der Waals surface area contributed by atoms with Gasteiger partial charge in [0.2, 0.25) is 11.8 Å². The summed E-state index contributed by atoms with van der Waals surface area (Å²) < 4.78 is 0. The van der Waals surface area contributed by atoms with Gasteiger partial charge in [-0.3, -0.25) is 9.59 Å². The number of halogens is 2. The van der Waals surface area contributed by atoms with Crippen LogP contribution in [0.1, 0.15) is 18.9 Å². The fourth-order valence-corrected chi connectivity index (χ4v) is 2.17. The molecule has 0 unspecified atom stereocenters. The monoisotopic (exact) mass is 316 g/mol. The van der Waals surface area contributed by atoms with Gasteiger partial charge < -0.3 is 10.2 Å². The lowest BCUT2D eigenvalue weighted by Gasteiger charge is -2.18. The molecule has 4 nitrogen and oxygen atoms in total. The average molecular weight is 317 g/mol. The van der Waals surface area contributed by atoms with Crippen LogP contribution < -0.4 is 5.32 Å². The van der Waals surface area contributed by atoms with Gasteiger partial charge in [-0.1, -0.05) is 35.3 Å². The molecular formula is C14H18Cl2N2O2. The predicted molar refractivity (Wildman–Crippen MR) is 81.1 cm³/mol. The highest BCUT2D eigenvalue weighted by molar-refractivity contribution is 6.42. The summed E-state index contributed by atoms with van der Waals surface area (Å²) in [5.41, 5.74) is 0.820. The first-order chi connectivity index (χ1) is 9.32. The number of hydrogen-bond donors (Lipinski definition) is 1. The molecule has 1 rings (SSSR count). The van der Waals surface area contributed by atoms with Crippen LogP contribution in [0.15, 0.2) is 18.2 Å². The fraction of sp³-hybridized carbons (Fsp3) is 0.429. The van der Waals surface area contributed by atoms with Crippen molar-refractivity contribution < 1.29 is 9.59 Å². The van der Waals surface area contributed by atoms with Gasteiger partial charge in [0, 0.05) is 20.5 Å². The van der Waals surface area contributed by atoms with Crippen molar-refractivity contribution in [2.24, 2.45) is 0 Å². The van der Waals surface area contributed by atoms with Gasteiger partial charge >= 0.3 is 0 Å². The Morgan fingerprint density at radius 3 is 2.55 bits per heavy atom. The molecule has 0 saturated heterocycles. The van der Waals surface area contributed by atoms with Crippen molar-refractivity contribution in [2.45, 2.75) is 25.8 Å². The molecule has 0 bridgehead atoms. The van der Waals surface area contributed by atoms with Crippen LogP contribution in [0.25, 0.3) is 0 Å². The number of hydrogen-bond acceptors (Lipinski definition) is 2. The largest absolute Gasteiger partial charge is 0.347 e. The summed E-state index contributed by atoms with van der Waals surface area (Å²) in [6.07, 6.45) is 0.735. The van der Waals surface area contributed by atoms with Gasteiger partial charge in [-0.15, -0.1) is 0 Å². The third kappa shape index (κ3) is 4.69. The Balaban J connectivity index is 2.52. The highest BCUT2D eigenvalue weighted by atomic mass is 35.5. The third-order valence-electron chi connectivity index (χ3n) is 2.84. The molecule has 20 heavy (non-hydrogen) atoms. The number of aryl methyl sites for hydroxylation is 1. The first-order valence-electron chi connectivity index (χ1n) is 6.26. The summed E-state index contributed by atoms with van der Waals surface area (Å²) in [5.74, 6) is -0.331. The van der Waals surface area contributed by atoms with E-state index in [0.717, 1.165) is 5.56 Å². The maximum Gasteiger partial charge on any atom is 0.244 e. The van der Waals surface area contributed by atoms with E-state index >= 15 is 0 Å². The quantitative estimate of drug-likeness (QED) is 0.907. The van der Waals surface area contributed by atoms with Gasteiger partial charge in [0.05, 0.1) is 10.0 Å². The maximum absolute atomic E-state index is 11.8. The molecule has 0 aliphatic rings. The molecule has 0 fully saturated rings. The second-order valence-corrected chi connectivity index (χ2v) is 5.52. The van der Waals surface area contributed by atoms with Crippen molar-refractivity contribution in [3.63, 3.8) is 0 Å². The summed E-state index contributed by atoms with van der Waals surface area (Å²) in [5, 5.41) is 3.60. The van der Waals surface area contributed by atoms with E-state index in [1.54, 1.807) is 33.2 Å². The Hall–Kier alpha value is -1.26. The molecule has 0 aromatic heterocycles. The molecule has 0 radical (unpaired) electrons. The summed E-state index contributed by atoms with van der Waals surface area (Å²) in [6.45, 7) is 1.66. The minimum Gasteiger partial charge on any atom is -0.347 e. The lowest BCUT2D eigenvalue weighted by Crippen LogP contribution is -2.44. The van der Waals surface area contributed by atoms with Crippen LogP contribution in [0.3, 0.4) is 0 Å². The van der Waals surface area contributed by atoms with Crippen LogP contribution in [0.4, 0.5) is 0 Å². The van der Waals surface area contributed by atoms with E-state index in [-0.39, 0.29) is 18.2 Å².